The highest BCUT2D eigenvalue weighted by molar-refractivity contribution is 5.85. The molecule has 2 rings (SSSR count). The van der Waals surface area contributed by atoms with Crippen molar-refractivity contribution in [3.8, 4) is 0 Å². The predicted octanol–water partition coefficient (Wildman–Crippen LogP) is 1.17. The number of hydrogen-bond donors (Lipinski definition) is 2. The summed E-state index contributed by atoms with van der Waals surface area (Å²) in [5.74, 6) is -0.459. The van der Waals surface area contributed by atoms with Crippen LogP contribution >= 0.6 is 0 Å². The summed E-state index contributed by atoms with van der Waals surface area (Å²) in [5.41, 5.74) is 5.32. The van der Waals surface area contributed by atoms with Crippen LogP contribution in [0.3, 0.4) is 0 Å². The average Bonchev–Trinajstić information content (AvgIpc) is 2.84. The van der Waals surface area contributed by atoms with Crippen molar-refractivity contribution in [3.63, 3.8) is 0 Å². The zero-order valence-corrected chi connectivity index (χ0v) is 12.3. The summed E-state index contributed by atoms with van der Waals surface area (Å²) < 4.78 is 9.92. The Kier molecular flexibility index (Phi) is 4.64. The fourth-order valence-electron chi connectivity index (χ4n) is 2.09. The Morgan fingerprint density at radius 1 is 1.38 bits per heavy atom. The van der Waals surface area contributed by atoms with E-state index >= 15 is 0 Å². The first-order valence-corrected chi connectivity index (χ1v) is 6.63. The third-order valence-electron chi connectivity index (χ3n) is 3.24. The molecule has 1 aromatic carbocycles. The number of carbonyl (C=O) groups is 2. The molecule has 1 atom stereocenters. The number of nitrogens with one attached hydrogen (secondary N) is 2. The summed E-state index contributed by atoms with van der Waals surface area (Å²) in [5, 5.41) is 4.17. The Balaban J connectivity index is 2.05. The van der Waals surface area contributed by atoms with Gasteiger partial charge in [0.05, 0.1) is 6.54 Å². The normalized spacial score (nSPS) is 15.6. The number of carbonyl (C=O) groups excluding carboxylic acids is 2. The van der Waals surface area contributed by atoms with E-state index in [2.05, 4.69) is 10.7 Å². The van der Waals surface area contributed by atoms with Gasteiger partial charge in [-0.25, -0.2) is 9.80 Å². The number of hydrogen-bond acceptors (Lipinski definition) is 5. The van der Waals surface area contributed by atoms with Crippen molar-refractivity contribution in [2.45, 2.75) is 20.1 Å². The monoisotopic (exact) mass is 293 g/mol. The number of nitrogens with zero attached hydrogens (tertiary/aromatic N) is 1. The first kappa shape index (κ1) is 15.1. The lowest BCUT2D eigenvalue weighted by Crippen LogP contribution is -2.50. The minimum Gasteiger partial charge on any atom is -0.446 e. The molecular weight excluding hydrogens is 274 g/mol. The van der Waals surface area contributed by atoms with Crippen LogP contribution < -0.4 is 10.7 Å². The lowest BCUT2D eigenvalue weighted by atomic mass is 10.1. The maximum absolute atomic E-state index is 12.2. The number of aryl methyl sites for hydroxylation is 2. The van der Waals surface area contributed by atoms with Gasteiger partial charge in [-0.2, -0.15) is 0 Å². The highest BCUT2D eigenvalue weighted by Gasteiger charge is 2.27. The molecular formula is C14H19N3O4. The minimum absolute atomic E-state index is 0.265. The highest BCUT2D eigenvalue weighted by Crippen LogP contribution is 2.20. The van der Waals surface area contributed by atoms with Gasteiger partial charge in [0, 0.05) is 12.8 Å². The molecule has 0 bridgehead atoms. The second-order valence-electron chi connectivity index (χ2n) is 4.77. The quantitative estimate of drug-likeness (QED) is 0.797. The SMILES string of the molecule is COC(Nc1c(C)cccc1C)C(=O)NN1CCOC1=O. The molecule has 1 unspecified atom stereocenters. The van der Waals surface area contributed by atoms with Gasteiger partial charge in [0.15, 0.2) is 0 Å². The summed E-state index contributed by atoms with van der Waals surface area (Å²) in [6.45, 7) is 4.47. The van der Waals surface area contributed by atoms with Crippen molar-refractivity contribution in [1.29, 1.82) is 0 Å². The molecule has 2 amide bonds. The van der Waals surface area contributed by atoms with E-state index in [1.54, 1.807) is 0 Å². The van der Waals surface area contributed by atoms with E-state index in [0.29, 0.717) is 6.54 Å². The van der Waals surface area contributed by atoms with Crippen LogP contribution in [0.5, 0.6) is 0 Å². The lowest BCUT2D eigenvalue weighted by molar-refractivity contribution is -0.133. The molecule has 1 saturated heterocycles. The van der Waals surface area contributed by atoms with Crippen molar-refractivity contribution in [2.75, 3.05) is 25.6 Å². The van der Waals surface area contributed by atoms with Gasteiger partial charge in [-0.15, -0.1) is 0 Å². The topological polar surface area (TPSA) is 79.9 Å². The fourth-order valence-corrected chi connectivity index (χ4v) is 2.09. The highest BCUT2D eigenvalue weighted by atomic mass is 16.6. The summed E-state index contributed by atoms with van der Waals surface area (Å²) in [7, 11) is 1.42. The largest absolute Gasteiger partial charge is 0.446 e. The number of anilines is 1. The second-order valence-corrected chi connectivity index (χ2v) is 4.77. The predicted molar refractivity (Wildman–Crippen MR) is 76.5 cm³/mol. The molecule has 1 aromatic rings. The number of para-hydroxylation sites is 1. The van der Waals surface area contributed by atoms with Gasteiger partial charge >= 0.3 is 6.09 Å². The molecule has 1 aliphatic rings. The number of benzene rings is 1. The second kappa shape index (κ2) is 6.45. The van der Waals surface area contributed by atoms with Gasteiger partial charge < -0.3 is 14.8 Å². The van der Waals surface area contributed by atoms with Crippen molar-refractivity contribution in [2.24, 2.45) is 0 Å². The molecule has 2 N–H and O–H groups in total. The molecule has 1 fully saturated rings. The van der Waals surface area contributed by atoms with E-state index in [4.69, 9.17) is 9.47 Å². The third kappa shape index (κ3) is 3.43. The van der Waals surface area contributed by atoms with E-state index in [0.717, 1.165) is 21.8 Å². The Morgan fingerprint density at radius 2 is 2.05 bits per heavy atom. The molecule has 1 aliphatic heterocycles. The number of methoxy groups -OCH3 is 1. The molecule has 21 heavy (non-hydrogen) atoms. The molecule has 0 aliphatic carbocycles. The van der Waals surface area contributed by atoms with E-state index in [1.807, 2.05) is 32.0 Å². The fraction of sp³-hybridized carbons (Fsp3) is 0.429. The van der Waals surface area contributed by atoms with Gasteiger partial charge in [-0.05, 0) is 25.0 Å². The third-order valence-corrected chi connectivity index (χ3v) is 3.24. The molecule has 0 saturated carbocycles. The Morgan fingerprint density at radius 3 is 2.57 bits per heavy atom. The zero-order valence-electron chi connectivity index (χ0n) is 12.3. The maximum Gasteiger partial charge on any atom is 0.428 e. The maximum atomic E-state index is 12.2. The summed E-state index contributed by atoms with van der Waals surface area (Å²) in [6, 6.07) is 5.83. The molecule has 1 heterocycles. The van der Waals surface area contributed by atoms with Crippen LogP contribution in [0.2, 0.25) is 0 Å². The smallest absolute Gasteiger partial charge is 0.428 e. The minimum atomic E-state index is -0.904. The van der Waals surface area contributed by atoms with Gasteiger partial charge in [-0.1, -0.05) is 18.2 Å². The summed E-state index contributed by atoms with van der Waals surface area (Å²) in [6.07, 6.45) is -1.47. The van der Waals surface area contributed by atoms with Crippen molar-refractivity contribution >= 4 is 17.7 Å². The Bertz CT molecular complexity index is 527. The van der Waals surface area contributed by atoms with Crippen LogP contribution in [0.25, 0.3) is 0 Å². The first-order valence-electron chi connectivity index (χ1n) is 6.63. The lowest BCUT2D eigenvalue weighted by Gasteiger charge is -2.22. The van der Waals surface area contributed by atoms with Crippen LogP contribution in [0.15, 0.2) is 18.2 Å². The van der Waals surface area contributed by atoms with Crippen LogP contribution in [0.1, 0.15) is 11.1 Å². The van der Waals surface area contributed by atoms with Gasteiger partial charge in [0.25, 0.3) is 5.91 Å². The summed E-state index contributed by atoms with van der Waals surface area (Å²) in [4.78, 5) is 23.5. The molecule has 7 nitrogen and oxygen atoms in total. The van der Waals surface area contributed by atoms with E-state index in [1.165, 1.54) is 7.11 Å². The van der Waals surface area contributed by atoms with Crippen molar-refractivity contribution in [3.05, 3.63) is 29.3 Å². The van der Waals surface area contributed by atoms with Crippen LogP contribution in [-0.4, -0.2) is 43.5 Å². The van der Waals surface area contributed by atoms with E-state index in [9.17, 15) is 9.59 Å². The average molecular weight is 293 g/mol. The van der Waals surface area contributed by atoms with Crippen LogP contribution in [0.4, 0.5) is 10.5 Å². The van der Waals surface area contributed by atoms with Gasteiger partial charge in [0.2, 0.25) is 6.23 Å². The molecule has 7 heteroatoms. The number of cyclic esters (lactones) is 1. The molecule has 114 valence electrons. The standard InChI is InChI=1S/C14H19N3O4/c1-9-5-4-6-10(2)11(9)15-13(20-3)12(18)16-17-7-8-21-14(17)19/h4-6,13,15H,7-8H2,1-3H3,(H,16,18). The van der Waals surface area contributed by atoms with Crippen LogP contribution in [0, 0.1) is 13.8 Å². The molecule has 0 aromatic heterocycles. The number of rotatable bonds is 5. The van der Waals surface area contributed by atoms with E-state index < -0.39 is 18.2 Å². The Labute approximate surface area is 123 Å². The number of ether oxygens (including phenoxy) is 2. The molecule has 0 radical (unpaired) electrons. The number of amides is 2. The Hall–Kier alpha value is -2.28. The van der Waals surface area contributed by atoms with Crippen molar-refractivity contribution < 1.29 is 19.1 Å². The number of hydrazine groups is 1. The molecule has 0 spiro atoms. The van der Waals surface area contributed by atoms with E-state index in [-0.39, 0.29) is 6.61 Å². The van der Waals surface area contributed by atoms with Gasteiger partial charge in [-0.3, -0.25) is 10.2 Å². The van der Waals surface area contributed by atoms with Crippen molar-refractivity contribution in [1.82, 2.24) is 10.4 Å². The summed E-state index contributed by atoms with van der Waals surface area (Å²) >= 11 is 0. The first-order chi connectivity index (χ1) is 10.0. The van der Waals surface area contributed by atoms with Crippen LogP contribution in [-0.2, 0) is 14.3 Å². The van der Waals surface area contributed by atoms with Gasteiger partial charge in [0.1, 0.15) is 6.61 Å². The zero-order chi connectivity index (χ0) is 15.4.